The minimum Gasteiger partial charge on any atom is -0.481 e. The fourth-order valence-corrected chi connectivity index (χ4v) is 2.00. The van der Waals surface area contributed by atoms with E-state index in [1.807, 2.05) is 0 Å². The number of nitrogens with one attached hydrogen (secondary N) is 2. The lowest BCUT2D eigenvalue weighted by molar-refractivity contribution is -0.138. The second-order valence-corrected chi connectivity index (χ2v) is 7.45. The lowest BCUT2D eigenvalue weighted by atomic mass is 9.82. The van der Waals surface area contributed by atoms with Gasteiger partial charge >= 0.3 is 12.0 Å². The van der Waals surface area contributed by atoms with E-state index in [0.29, 0.717) is 24.9 Å². The molecule has 0 rings (SSSR count). The van der Waals surface area contributed by atoms with Gasteiger partial charge in [-0.15, -0.1) is 0 Å². The van der Waals surface area contributed by atoms with Crippen LogP contribution < -0.4 is 10.6 Å². The number of carbonyl (C=O) groups excluding carboxylic acids is 1. The van der Waals surface area contributed by atoms with Gasteiger partial charge in [0.05, 0.1) is 0 Å². The van der Waals surface area contributed by atoms with Crippen LogP contribution in [-0.4, -0.2) is 30.2 Å². The Bertz CT molecular complexity index is 335. The second-order valence-electron chi connectivity index (χ2n) is 7.45. The van der Waals surface area contributed by atoms with Crippen molar-refractivity contribution in [3.63, 3.8) is 0 Å². The zero-order valence-corrected chi connectivity index (χ0v) is 14.3. The molecule has 0 aliphatic carbocycles. The molecule has 5 heteroatoms. The van der Waals surface area contributed by atoms with Gasteiger partial charge in [-0.3, -0.25) is 4.79 Å². The normalized spacial score (nSPS) is 14.6. The van der Waals surface area contributed by atoms with E-state index in [4.69, 9.17) is 5.11 Å². The molecule has 0 aromatic heterocycles. The van der Waals surface area contributed by atoms with Crippen molar-refractivity contribution in [2.75, 3.05) is 13.1 Å². The van der Waals surface area contributed by atoms with Crippen LogP contribution in [-0.2, 0) is 4.79 Å². The molecule has 0 aromatic rings. The van der Waals surface area contributed by atoms with Crippen LogP contribution in [0.2, 0.25) is 0 Å². The Labute approximate surface area is 128 Å². The van der Waals surface area contributed by atoms with Gasteiger partial charge in [0.2, 0.25) is 0 Å². The van der Waals surface area contributed by atoms with Crippen molar-refractivity contribution in [3.8, 4) is 0 Å². The standard InChI is InChI=1S/C16H32N2O3/c1-11(2)7-13(8-14(19)20)10-18-15(21)17-9-12(3)16(4,5)6/h11-13H,7-10H2,1-6H3,(H,19,20)(H2,17,18,21). The van der Waals surface area contributed by atoms with Crippen LogP contribution in [0.3, 0.4) is 0 Å². The number of urea groups is 1. The molecular formula is C16H32N2O3. The minimum atomic E-state index is -0.816. The van der Waals surface area contributed by atoms with Crippen LogP contribution in [0.4, 0.5) is 4.79 Å². The monoisotopic (exact) mass is 300 g/mol. The second kappa shape index (κ2) is 8.90. The molecule has 2 unspecified atom stereocenters. The molecule has 0 saturated carbocycles. The maximum Gasteiger partial charge on any atom is 0.314 e. The Hall–Kier alpha value is -1.26. The highest BCUT2D eigenvalue weighted by molar-refractivity contribution is 5.74. The van der Waals surface area contributed by atoms with E-state index in [2.05, 4.69) is 52.2 Å². The minimum absolute atomic E-state index is 0.0201. The molecule has 0 spiro atoms. The van der Waals surface area contributed by atoms with E-state index >= 15 is 0 Å². The highest BCUT2D eigenvalue weighted by atomic mass is 16.4. The van der Waals surface area contributed by atoms with E-state index in [1.165, 1.54) is 0 Å². The summed E-state index contributed by atoms with van der Waals surface area (Å²) in [6.45, 7) is 13.7. The predicted octanol–water partition coefficient (Wildman–Crippen LogP) is 3.10. The largest absolute Gasteiger partial charge is 0.481 e. The summed E-state index contributed by atoms with van der Waals surface area (Å²) in [4.78, 5) is 22.6. The van der Waals surface area contributed by atoms with Gasteiger partial charge in [-0.25, -0.2) is 4.79 Å². The van der Waals surface area contributed by atoms with Crippen LogP contribution in [0.1, 0.15) is 54.4 Å². The van der Waals surface area contributed by atoms with Crippen molar-refractivity contribution in [3.05, 3.63) is 0 Å². The number of amides is 2. The van der Waals surface area contributed by atoms with E-state index in [9.17, 15) is 9.59 Å². The molecule has 124 valence electrons. The van der Waals surface area contributed by atoms with Gasteiger partial charge in [0, 0.05) is 19.5 Å². The fraction of sp³-hybridized carbons (Fsp3) is 0.875. The van der Waals surface area contributed by atoms with Gasteiger partial charge in [-0.05, 0) is 29.6 Å². The van der Waals surface area contributed by atoms with Crippen molar-refractivity contribution in [1.29, 1.82) is 0 Å². The molecule has 2 amide bonds. The zero-order valence-electron chi connectivity index (χ0n) is 14.3. The molecule has 0 aliphatic heterocycles. The topological polar surface area (TPSA) is 78.4 Å². The number of rotatable bonds is 8. The third kappa shape index (κ3) is 10.2. The Balaban J connectivity index is 4.15. The molecule has 2 atom stereocenters. The highest BCUT2D eigenvalue weighted by Gasteiger charge is 2.21. The van der Waals surface area contributed by atoms with Crippen LogP contribution >= 0.6 is 0 Å². The van der Waals surface area contributed by atoms with Gasteiger partial charge in [-0.1, -0.05) is 41.5 Å². The molecule has 0 radical (unpaired) electrons. The lowest BCUT2D eigenvalue weighted by Gasteiger charge is -2.27. The Morgan fingerprint density at radius 2 is 1.57 bits per heavy atom. The number of carboxylic acids is 1. The Kier molecular flexibility index (Phi) is 8.37. The molecule has 0 fully saturated rings. The van der Waals surface area contributed by atoms with Gasteiger partial charge in [0.1, 0.15) is 0 Å². The van der Waals surface area contributed by atoms with Crippen molar-refractivity contribution in [2.45, 2.75) is 54.4 Å². The number of aliphatic carboxylic acids is 1. The molecule has 0 aromatic carbocycles. The van der Waals surface area contributed by atoms with Crippen LogP contribution in [0.25, 0.3) is 0 Å². The van der Waals surface area contributed by atoms with Crippen LogP contribution in [0, 0.1) is 23.2 Å². The summed E-state index contributed by atoms with van der Waals surface area (Å²) < 4.78 is 0. The van der Waals surface area contributed by atoms with Gasteiger partial charge < -0.3 is 15.7 Å². The summed E-state index contributed by atoms with van der Waals surface area (Å²) in [6.07, 6.45) is 0.891. The Morgan fingerprint density at radius 3 is 2.00 bits per heavy atom. The Morgan fingerprint density at radius 1 is 1.05 bits per heavy atom. The average molecular weight is 300 g/mol. The quantitative estimate of drug-likeness (QED) is 0.644. The number of carbonyl (C=O) groups is 2. The molecular weight excluding hydrogens is 268 g/mol. The third-order valence-corrected chi connectivity index (χ3v) is 3.87. The smallest absolute Gasteiger partial charge is 0.314 e. The first-order valence-corrected chi connectivity index (χ1v) is 7.75. The van der Waals surface area contributed by atoms with Gasteiger partial charge in [0.25, 0.3) is 0 Å². The van der Waals surface area contributed by atoms with Crippen LogP contribution in [0.15, 0.2) is 0 Å². The molecule has 21 heavy (non-hydrogen) atoms. The van der Waals surface area contributed by atoms with Gasteiger partial charge in [0.15, 0.2) is 0 Å². The van der Waals surface area contributed by atoms with E-state index in [1.54, 1.807) is 0 Å². The molecule has 0 heterocycles. The number of carboxylic acid groups (broad SMARTS) is 1. The van der Waals surface area contributed by atoms with Crippen molar-refractivity contribution < 1.29 is 14.7 Å². The molecule has 0 saturated heterocycles. The van der Waals surface area contributed by atoms with Crippen LogP contribution in [0.5, 0.6) is 0 Å². The first-order chi connectivity index (χ1) is 9.52. The van der Waals surface area contributed by atoms with E-state index in [0.717, 1.165) is 6.42 Å². The summed E-state index contributed by atoms with van der Waals surface area (Å²) in [5.74, 6) is -0.0497. The SMILES string of the molecule is CC(C)CC(CNC(=O)NCC(C)C(C)(C)C)CC(=O)O. The first kappa shape index (κ1) is 19.7. The highest BCUT2D eigenvalue weighted by Crippen LogP contribution is 2.24. The molecule has 0 bridgehead atoms. The maximum atomic E-state index is 11.8. The summed E-state index contributed by atoms with van der Waals surface area (Å²) in [7, 11) is 0. The van der Waals surface area contributed by atoms with E-state index < -0.39 is 5.97 Å². The van der Waals surface area contributed by atoms with E-state index in [-0.39, 0.29) is 23.8 Å². The van der Waals surface area contributed by atoms with Crippen molar-refractivity contribution in [2.24, 2.45) is 23.2 Å². The predicted molar refractivity (Wildman–Crippen MR) is 85.2 cm³/mol. The lowest BCUT2D eigenvalue weighted by Crippen LogP contribution is -2.42. The first-order valence-electron chi connectivity index (χ1n) is 7.75. The molecule has 0 aliphatic rings. The summed E-state index contributed by atoms with van der Waals surface area (Å²) in [5.41, 5.74) is 0.150. The van der Waals surface area contributed by atoms with Gasteiger partial charge in [-0.2, -0.15) is 0 Å². The molecule has 5 nitrogen and oxygen atoms in total. The summed E-state index contributed by atoms with van der Waals surface area (Å²) in [5, 5.41) is 14.5. The zero-order chi connectivity index (χ0) is 16.6. The average Bonchev–Trinajstić information content (AvgIpc) is 2.30. The number of hydrogen-bond donors (Lipinski definition) is 3. The maximum absolute atomic E-state index is 11.8. The number of hydrogen-bond acceptors (Lipinski definition) is 2. The fourth-order valence-electron chi connectivity index (χ4n) is 2.00. The molecule has 3 N–H and O–H groups in total. The van der Waals surface area contributed by atoms with Crippen molar-refractivity contribution >= 4 is 12.0 Å². The van der Waals surface area contributed by atoms with Crippen molar-refractivity contribution in [1.82, 2.24) is 10.6 Å². The summed E-state index contributed by atoms with van der Waals surface area (Å²) in [6, 6.07) is -0.217. The summed E-state index contributed by atoms with van der Waals surface area (Å²) >= 11 is 0. The third-order valence-electron chi connectivity index (χ3n) is 3.87.